The molecule has 1 fully saturated rings. The number of aliphatic hydroxyl groups excluding tert-OH is 2. The molecule has 0 amide bonds. The van der Waals surface area contributed by atoms with Crippen molar-refractivity contribution in [2.45, 2.75) is 31.5 Å². The third-order valence-electron chi connectivity index (χ3n) is 2.69. The Bertz CT molecular complexity index is 492. The average Bonchev–Trinajstić information content (AvgIpc) is 2.51. The summed E-state index contributed by atoms with van der Waals surface area (Å²) < 4.78 is 19.1. The molecule has 8 heteroatoms. The normalized spacial score (nSPS) is 32.9. The van der Waals surface area contributed by atoms with Crippen LogP contribution in [-0.4, -0.2) is 38.1 Å². The van der Waals surface area contributed by atoms with Crippen LogP contribution in [-0.2, 0) is 4.74 Å². The fraction of sp³-hybridized carbons (Fsp3) is 0.556. The van der Waals surface area contributed by atoms with E-state index in [-0.39, 0.29) is 0 Å². The first kappa shape index (κ1) is 12.0. The van der Waals surface area contributed by atoms with Crippen LogP contribution < -0.4 is 11.4 Å². The van der Waals surface area contributed by atoms with Gasteiger partial charge < -0.3 is 20.7 Å². The maximum atomic E-state index is 13.2. The first-order valence-corrected chi connectivity index (χ1v) is 4.97. The lowest BCUT2D eigenvalue weighted by atomic mass is 10.1. The summed E-state index contributed by atoms with van der Waals surface area (Å²) in [5, 5.41) is 19.1. The molecule has 1 aliphatic rings. The van der Waals surface area contributed by atoms with Gasteiger partial charge in [-0.15, -0.1) is 0 Å². The van der Waals surface area contributed by atoms with Gasteiger partial charge in [0.15, 0.2) is 17.9 Å². The summed E-state index contributed by atoms with van der Waals surface area (Å²) >= 11 is 0. The quantitative estimate of drug-likeness (QED) is 0.561. The van der Waals surface area contributed by atoms with Crippen molar-refractivity contribution >= 4 is 5.82 Å². The predicted molar refractivity (Wildman–Crippen MR) is 54.5 cm³/mol. The van der Waals surface area contributed by atoms with E-state index in [1.807, 2.05) is 0 Å². The van der Waals surface area contributed by atoms with Gasteiger partial charge in [-0.3, -0.25) is 4.57 Å². The number of nitrogens with zero attached hydrogens (tertiary/aromatic N) is 2. The molecule has 1 aliphatic heterocycles. The Labute approximate surface area is 95.3 Å². The molecule has 94 valence electrons. The molecule has 1 saturated heterocycles. The van der Waals surface area contributed by atoms with Gasteiger partial charge in [0, 0.05) is 0 Å². The third-order valence-corrected chi connectivity index (χ3v) is 2.69. The number of nitrogens with two attached hydrogens (primary N) is 1. The number of aromatic nitrogens is 2. The summed E-state index contributed by atoms with van der Waals surface area (Å²) in [6.07, 6.45) is -3.51. The molecule has 7 nitrogen and oxygen atoms in total. The Morgan fingerprint density at radius 1 is 1.53 bits per heavy atom. The van der Waals surface area contributed by atoms with Crippen LogP contribution in [0.5, 0.6) is 0 Å². The molecule has 0 bridgehead atoms. The number of nitrogen functional groups attached to an aromatic ring is 1. The van der Waals surface area contributed by atoms with Gasteiger partial charge >= 0.3 is 5.69 Å². The highest BCUT2D eigenvalue weighted by molar-refractivity contribution is 5.26. The topological polar surface area (TPSA) is 111 Å². The number of halogens is 1. The Balaban J connectivity index is 2.42. The Morgan fingerprint density at radius 2 is 2.18 bits per heavy atom. The number of aliphatic hydroxyl groups is 2. The van der Waals surface area contributed by atoms with Crippen LogP contribution in [0.3, 0.4) is 0 Å². The van der Waals surface area contributed by atoms with E-state index in [9.17, 15) is 19.4 Å². The Hall–Kier alpha value is -1.51. The lowest BCUT2D eigenvalue weighted by molar-refractivity contribution is -0.0355. The minimum atomic E-state index is -1.33. The number of rotatable bonds is 1. The second kappa shape index (κ2) is 4.06. The van der Waals surface area contributed by atoms with E-state index in [1.165, 1.54) is 6.92 Å². The van der Waals surface area contributed by atoms with Crippen LogP contribution >= 0.6 is 0 Å². The SMILES string of the molecule is C[C@H]1O[C@@H](n2cc(F)c(N)nc2=O)[C@H](O)[C@H]1O. The van der Waals surface area contributed by atoms with Gasteiger partial charge in [-0.2, -0.15) is 4.98 Å². The molecule has 0 spiro atoms. The van der Waals surface area contributed by atoms with E-state index in [1.54, 1.807) is 0 Å². The zero-order valence-electron chi connectivity index (χ0n) is 8.95. The van der Waals surface area contributed by atoms with E-state index in [2.05, 4.69) is 4.98 Å². The first-order chi connectivity index (χ1) is 7.91. The highest BCUT2D eigenvalue weighted by Crippen LogP contribution is 2.28. The molecule has 0 saturated carbocycles. The minimum absolute atomic E-state index is 0.521. The van der Waals surface area contributed by atoms with Crippen LogP contribution in [0.15, 0.2) is 11.0 Å². The van der Waals surface area contributed by atoms with Crippen molar-refractivity contribution in [2.75, 3.05) is 5.73 Å². The van der Waals surface area contributed by atoms with Gasteiger partial charge in [-0.05, 0) is 6.92 Å². The maximum absolute atomic E-state index is 13.2. The number of hydrogen-bond acceptors (Lipinski definition) is 6. The van der Waals surface area contributed by atoms with Crippen molar-refractivity contribution < 1.29 is 19.3 Å². The largest absolute Gasteiger partial charge is 0.388 e. The summed E-state index contributed by atoms with van der Waals surface area (Å²) in [5.41, 5.74) is 4.27. The van der Waals surface area contributed by atoms with E-state index in [0.717, 1.165) is 10.8 Å². The monoisotopic (exact) mass is 245 g/mol. The number of anilines is 1. The van der Waals surface area contributed by atoms with Crippen molar-refractivity contribution in [1.29, 1.82) is 0 Å². The van der Waals surface area contributed by atoms with Crippen molar-refractivity contribution in [3.8, 4) is 0 Å². The molecular formula is C9H12FN3O4. The van der Waals surface area contributed by atoms with Crippen LogP contribution in [0.1, 0.15) is 13.2 Å². The molecule has 0 unspecified atom stereocenters. The highest BCUT2D eigenvalue weighted by Gasteiger charge is 2.41. The molecule has 0 radical (unpaired) electrons. The molecule has 2 heterocycles. The molecule has 4 atom stereocenters. The minimum Gasteiger partial charge on any atom is -0.388 e. The van der Waals surface area contributed by atoms with Crippen LogP contribution in [0.25, 0.3) is 0 Å². The van der Waals surface area contributed by atoms with Crippen molar-refractivity contribution in [3.63, 3.8) is 0 Å². The predicted octanol–water partition coefficient (Wildman–Crippen LogP) is -1.40. The molecule has 2 rings (SSSR count). The lowest BCUT2D eigenvalue weighted by Gasteiger charge is -2.17. The molecule has 17 heavy (non-hydrogen) atoms. The van der Waals surface area contributed by atoms with Gasteiger partial charge in [-0.25, -0.2) is 9.18 Å². The van der Waals surface area contributed by atoms with Gasteiger partial charge in [0.05, 0.1) is 12.3 Å². The second-order valence-corrected chi connectivity index (χ2v) is 3.88. The summed E-state index contributed by atoms with van der Waals surface area (Å²) in [4.78, 5) is 14.7. The Kier molecular flexibility index (Phi) is 2.86. The second-order valence-electron chi connectivity index (χ2n) is 3.88. The van der Waals surface area contributed by atoms with Gasteiger partial charge in [0.25, 0.3) is 0 Å². The van der Waals surface area contributed by atoms with Gasteiger partial charge in [0.1, 0.15) is 12.2 Å². The molecule has 4 N–H and O–H groups in total. The molecule has 0 aliphatic carbocycles. The van der Waals surface area contributed by atoms with Gasteiger partial charge in [0.2, 0.25) is 0 Å². The van der Waals surface area contributed by atoms with E-state index < -0.39 is 41.9 Å². The maximum Gasteiger partial charge on any atom is 0.351 e. The number of ether oxygens (including phenoxy) is 1. The van der Waals surface area contributed by atoms with Crippen molar-refractivity contribution in [2.24, 2.45) is 0 Å². The smallest absolute Gasteiger partial charge is 0.351 e. The number of hydrogen-bond donors (Lipinski definition) is 3. The van der Waals surface area contributed by atoms with Gasteiger partial charge in [-0.1, -0.05) is 0 Å². The fourth-order valence-electron chi connectivity index (χ4n) is 1.70. The van der Waals surface area contributed by atoms with Crippen molar-refractivity contribution in [3.05, 3.63) is 22.5 Å². The van der Waals surface area contributed by atoms with Crippen LogP contribution in [0.2, 0.25) is 0 Å². The summed E-state index contributed by atoms with van der Waals surface area (Å²) in [7, 11) is 0. The fourth-order valence-corrected chi connectivity index (χ4v) is 1.70. The van der Waals surface area contributed by atoms with Crippen molar-refractivity contribution in [1.82, 2.24) is 9.55 Å². The first-order valence-electron chi connectivity index (χ1n) is 4.97. The lowest BCUT2D eigenvalue weighted by Crippen LogP contribution is -2.35. The van der Waals surface area contributed by atoms with E-state index in [4.69, 9.17) is 10.5 Å². The molecular weight excluding hydrogens is 233 g/mol. The third kappa shape index (κ3) is 1.90. The standard InChI is InChI=1S/C9H12FN3O4/c1-3-5(14)6(15)8(17-3)13-2-4(10)7(11)12-9(13)16/h2-3,5-6,8,14-15H,1H3,(H2,11,12,16)/t3-,5+,6-,8-/m1/s1. The van der Waals surface area contributed by atoms with E-state index >= 15 is 0 Å². The summed E-state index contributed by atoms with van der Waals surface area (Å²) in [6.45, 7) is 1.53. The molecule has 1 aromatic heterocycles. The van der Waals surface area contributed by atoms with E-state index in [0.29, 0.717) is 0 Å². The molecule has 1 aromatic rings. The zero-order chi connectivity index (χ0) is 12.7. The summed E-state index contributed by atoms with van der Waals surface area (Å²) in [5.74, 6) is -1.42. The van der Waals surface area contributed by atoms with Crippen LogP contribution in [0.4, 0.5) is 10.2 Å². The summed E-state index contributed by atoms with van der Waals surface area (Å²) in [6, 6.07) is 0. The van der Waals surface area contributed by atoms with Crippen LogP contribution in [0, 0.1) is 5.82 Å². The Morgan fingerprint density at radius 3 is 2.71 bits per heavy atom. The zero-order valence-corrected chi connectivity index (χ0v) is 8.95. The highest BCUT2D eigenvalue weighted by atomic mass is 19.1. The average molecular weight is 245 g/mol. The molecule has 0 aromatic carbocycles.